The third-order valence-corrected chi connectivity index (χ3v) is 2.63. The Labute approximate surface area is 108 Å². The van der Waals surface area contributed by atoms with E-state index in [4.69, 9.17) is 14.6 Å². The van der Waals surface area contributed by atoms with Gasteiger partial charge in [0.25, 0.3) is 0 Å². The van der Waals surface area contributed by atoms with Crippen LogP contribution in [0.25, 0.3) is 11.1 Å². The molecule has 0 amide bonds. The van der Waals surface area contributed by atoms with Crippen LogP contribution in [0.15, 0.2) is 16.5 Å². The zero-order valence-electron chi connectivity index (χ0n) is 10.7. The molecule has 0 atom stereocenters. The van der Waals surface area contributed by atoms with E-state index in [1.807, 2.05) is 20.8 Å². The van der Waals surface area contributed by atoms with Gasteiger partial charge in [-0.05, 0) is 12.1 Å². The van der Waals surface area contributed by atoms with Gasteiger partial charge in [0.2, 0.25) is 5.89 Å². The number of fused-ring (bicyclic) bond motifs is 1. The van der Waals surface area contributed by atoms with Gasteiger partial charge in [-0.1, -0.05) is 20.8 Å². The maximum Gasteiger partial charge on any atom is 0.336 e. The number of carboxylic acid groups (broad SMARTS) is 2. The van der Waals surface area contributed by atoms with Crippen molar-refractivity contribution >= 4 is 23.0 Å². The number of carboxylic acids is 2. The summed E-state index contributed by atoms with van der Waals surface area (Å²) >= 11 is 0. The van der Waals surface area contributed by atoms with Crippen LogP contribution in [0.2, 0.25) is 0 Å². The number of benzene rings is 1. The molecule has 0 radical (unpaired) electrons. The lowest BCUT2D eigenvalue weighted by atomic mass is 9.97. The molecular formula is C13H13NO5. The lowest BCUT2D eigenvalue weighted by molar-refractivity contribution is 0.0652. The van der Waals surface area contributed by atoms with Gasteiger partial charge in [-0.2, -0.15) is 0 Å². The Morgan fingerprint density at radius 2 is 1.63 bits per heavy atom. The molecule has 0 spiro atoms. The van der Waals surface area contributed by atoms with Gasteiger partial charge < -0.3 is 14.6 Å². The minimum atomic E-state index is -1.31. The highest BCUT2D eigenvalue weighted by Crippen LogP contribution is 2.27. The highest BCUT2D eigenvalue weighted by atomic mass is 16.4. The maximum atomic E-state index is 11.1. The summed E-state index contributed by atoms with van der Waals surface area (Å²) in [5, 5.41) is 18.0. The molecule has 0 fully saturated rings. The third kappa shape index (κ3) is 2.29. The zero-order valence-corrected chi connectivity index (χ0v) is 10.7. The van der Waals surface area contributed by atoms with Crippen LogP contribution in [-0.4, -0.2) is 27.1 Å². The van der Waals surface area contributed by atoms with Crippen molar-refractivity contribution in [2.75, 3.05) is 0 Å². The van der Waals surface area contributed by atoms with Crippen molar-refractivity contribution in [2.45, 2.75) is 26.2 Å². The molecule has 0 aliphatic carbocycles. The van der Waals surface area contributed by atoms with Crippen LogP contribution >= 0.6 is 0 Å². The summed E-state index contributed by atoms with van der Waals surface area (Å²) in [5.41, 5.74) is -0.337. The van der Waals surface area contributed by atoms with Gasteiger partial charge in [0, 0.05) is 5.41 Å². The van der Waals surface area contributed by atoms with E-state index in [-0.39, 0.29) is 22.1 Å². The summed E-state index contributed by atoms with van der Waals surface area (Å²) in [6, 6.07) is 2.42. The molecule has 1 aromatic heterocycles. The highest BCUT2D eigenvalue weighted by molar-refractivity contribution is 6.04. The summed E-state index contributed by atoms with van der Waals surface area (Å²) in [4.78, 5) is 26.3. The first kappa shape index (κ1) is 13.1. The van der Waals surface area contributed by atoms with Crippen LogP contribution in [0, 0.1) is 0 Å². The lowest BCUT2D eigenvalue weighted by Crippen LogP contribution is -2.11. The van der Waals surface area contributed by atoms with E-state index in [2.05, 4.69) is 4.98 Å². The van der Waals surface area contributed by atoms with Gasteiger partial charge in [-0.3, -0.25) is 0 Å². The minimum Gasteiger partial charge on any atom is -0.478 e. The van der Waals surface area contributed by atoms with E-state index in [9.17, 15) is 9.59 Å². The van der Waals surface area contributed by atoms with Crippen molar-refractivity contribution in [3.63, 3.8) is 0 Å². The minimum absolute atomic E-state index is 0.271. The topological polar surface area (TPSA) is 101 Å². The second kappa shape index (κ2) is 4.08. The first-order chi connectivity index (χ1) is 8.70. The molecule has 2 rings (SSSR count). The average molecular weight is 263 g/mol. The van der Waals surface area contributed by atoms with E-state index >= 15 is 0 Å². The predicted octanol–water partition coefficient (Wildman–Crippen LogP) is 2.52. The van der Waals surface area contributed by atoms with Crippen molar-refractivity contribution < 1.29 is 24.2 Å². The number of carbonyl (C=O) groups is 2. The monoisotopic (exact) mass is 263 g/mol. The number of hydrogen-bond acceptors (Lipinski definition) is 4. The summed E-state index contributed by atoms with van der Waals surface area (Å²) in [5.74, 6) is -2.19. The highest BCUT2D eigenvalue weighted by Gasteiger charge is 2.24. The van der Waals surface area contributed by atoms with Crippen molar-refractivity contribution in [2.24, 2.45) is 0 Å². The number of rotatable bonds is 2. The van der Waals surface area contributed by atoms with Gasteiger partial charge >= 0.3 is 11.9 Å². The fourth-order valence-corrected chi connectivity index (χ4v) is 1.65. The van der Waals surface area contributed by atoms with Crippen LogP contribution in [0.4, 0.5) is 0 Å². The molecule has 2 N–H and O–H groups in total. The zero-order chi connectivity index (χ0) is 14.4. The van der Waals surface area contributed by atoms with Crippen LogP contribution < -0.4 is 0 Å². The Balaban J connectivity index is 2.74. The normalized spacial score (nSPS) is 11.7. The molecule has 6 heteroatoms. The summed E-state index contributed by atoms with van der Waals surface area (Å²) in [7, 11) is 0. The van der Waals surface area contributed by atoms with Crippen molar-refractivity contribution in [3.05, 3.63) is 29.2 Å². The molecule has 19 heavy (non-hydrogen) atoms. The molecule has 0 aliphatic heterocycles. The Kier molecular flexibility index (Phi) is 2.81. The van der Waals surface area contributed by atoms with E-state index < -0.39 is 11.9 Å². The van der Waals surface area contributed by atoms with Gasteiger partial charge in [-0.25, -0.2) is 14.6 Å². The second-order valence-electron chi connectivity index (χ2n) is 5.24. The number of aromatic carboxylic acids is 2. The average Bonchev–Trinajstić information content (AvgIpc) is 2.69. The molecule has 0 saturated heterocycles. The Hall–Kier alpha value is -2.37. The SMILES string of the molecule is CC(C)(C)c1nc2cc(C(=O)O)c(C(=O)O)cc2o1. The van der Waals surface area contributed by atoms with Crippen LogP contribution in [-0.2, 0) is 5.41 Å². The molecule has 0 saturated carbocycles. The standard InChI is InChI=1S/C13H13NO5/c1-13(2,3)12-14-8-4-6(10(15)16)7(11(17)18)5-9(8)19-12/h4-5H,1-3H3,(H,15,16)(H,17,18). The van der Waals surface area contributed by atoms with Crippen molar-refractivity contribution in [1.82, 2.24) is 4.98 Å². The van der Waals surface area contributed by atoms with E-state index in [1.54, 1.807) is 0 Å². The Morgan fingerprint density at radius 1 is 1.11 bits per heavy atom. The predicted molar refractivity (Wildman–Crippen MR) is 66.6 cm³/mol. The molecule has 100 valence electrons. The second-order valence-corrected chi connectivity index (χ2v) is 5.24. The lowest BCUT2D eigenvalue weighted by Gasteiger charge is -2.11. The van der Waals surface area contributed by atoms with Crippen LogP contribution in [0.5, 0.6) is 0 Å². The molecule has 0 bridgehead atoms. The third-order valence-electron chi connectivity index (χ3n) is 2.63. The molecule has 0 unspecified atom stereocenters. The van der Waals surface area contributed by atoms with Crippen LogP contribution in [0.3, 0.4) is 0 Å². The number of oxazole rings is 1. The number of hydrogen-bond donors (Lipinski definition) is 2. The van der Waals surface area contributed by atoms with Gasteiger partial charge in [-0.15, -0.1) is 0 Å². The number of nitrogens with zero attached hydrogens (tertiary/aromatic N) is 1. The smallest absolute Gasteiger partial charge is 0.336 e. The molecule has 1 aromatic carbocycles. The Morgan fingerprint density at radius 3 is 2.11 bits per heavy atom. The van der Waals surface area contributed by atoms with E-state index in [1.165, 1.54) is 12.1 Å². The van der Waals surface area contributed by atoms with E-state index in [0.29, 0.717) is 11.4 Å². The molecule has 2 aromatic rings. The molecule has 6 nitrogen and oxygen atoms in total. The van der Waals surface area contributed by atoms with Crippen LogP contribution in [0.1, 0.15) is 47.4 Å². The molecular weight excluding hydrogens is 250 g/mol. The fourth-order valence-electron chi connectivity index (χ4n) is 1.65. The van der Waals surface area contributed by atoms with Crippen molar-refractivity contribution in [1.29, 1.82) is 0 Å². The van der Waals surface area contributed by atoms with E-state index in [0.717, 1.165) is 0 Å². The fraction of sp³-hybridized carbons (Fsp3) is 0.308. The number of aromatic nitrogens is 1. The maximum absolute atomic E-state index is 11.1. The molecule has 0 aliphatic rings. The van der Waals surface area contributed by atoms with Gasteiger partial charge in [0.05, 0.1) is 11.1 Å². The Bertz CT molecular complexity index is 627. The quantitative estimate of drug-likeness (QED) is 0.863. The molecule has 1 heterocycles. The van der Waals surface area contributed by atoms with Crippen molar-refractivity contribution in [3.8, 4) is 0 Å². The first-order valence-corrected chi connectivity index (χ1v) is 5.62. The largest absolute Gasteiger partial charge is 0.478 e. The summed E-state index contributed by atoms with van der Waals surface area (Å²) in [6.07, 6.45) is 0. The van der Waals surface area contributed by atoms with Gasteiger partial charge in [0.15, 0.2) is 5.58 Å². The first-order valence-electron chi connectivity index (χ1n) is 5.62. The summed E-state index contributed by atoms with van der Waals surface area (Å²) < 4.78 is 5.49. The van der Waals surface area contributed by atoms with Gasteiger partial charge in [0.1, 0.15) is 5.52 Å². The summed E-state index contributed by atoms with van der Waals surface area (Å²) in [6.45, 7) is 5.69.